The second-order valence-electron chi connectivity index (χ2n) is 10.5. The third kappa shape index (κ3) is 5.77. The molecule has 4 amide bonds. The zero-order chi connectivity index (χ0) is 29.1. The van der Waals surface area contributed by atoms with Gasteiger partial charge in [-0.05, 0) is 67.8 Å². The van der Waals surface area contributed by atoms with Crippen LogP contribution in [0.15, 0.2) is 60.2 Å². The van der Waals surface area contributed by atoms with E-state index >= 15 is 0 Å². The van der Waals surface area contributed by atoms with Crippen molar-refractivity contribution in [2.75, 3.05) is 40.5 Å². The first-order valence-electron chi connectivity index (χ1n) is 13.7. The number of nitrogens with zero attached hydrogens (tertiary/aromatic N) is 2. The van der Waals surface area contributed by atoms with Crippen molar-refractivity contribution in [3.63, 3.8) is 0 Å². The summed E-state index contributed by atoms with van der Waals surface area (Å²) in [5.74, 6) is -0.319. The van der Waals surface area contributed by atoms with Crippen LogP contribution in [0.2, 0.25) is 0 Å². The van der Waals surface area contributed by atoms with Gasteiger partial charge >= 0.3 is 0 Å². The Morgan fingerprint density at radius 2 is 1.17 bits per heavy atom. The van der Waals surface area contributed by atoms with Crippen molar-refractivity contribution in [2.24, 2.45) is 23.7 Å². The predicted molar refractivity (Wildman–Crippen MR) is 147 cm³/mol. The fourth-order valence-corrected chi connectivity index (χ4v) is 5.98. The van der Waals surface area contributed by atoms with Crippen LogP contribution in [0.1, 0.15) is 19.8 Å². The minimum Gasteiger partial charge on any atom is -0.497 e. The Labute approximate surface area is 238 Å². The summed E-state index contributed by atoms with van der Waals surface area (Å²) in [6.07, 6.45) is 2.34. The van der Waals surface area contributed by atoms with Gasteiger partial charge < -0.3 is 18.9 Å². The minimum absolute atomic E-state index is 0.0781. The number of hydrogen-bond acceptors (Lipinski definition) is 8. The van der Waals surface area contributed by atoms with E-state index in [2.05, 4.69) is 0 Å². The number of imide groups is 2. The molecule has 5 rings (SSSR count). The van der Waals surface area contributed by atoms with Gasteiger partial charge in [-0.1, -0.05) is 11.6 Å². The molecule has 0 saturated carbocycles. The Kier molecular flexibility index (Phi) is 8.28. The molecule has 41 heavy (non-hydrogen) atoms. The zero-order valence-electron chi connectivity index (χ0n) is 23.4. The Balaban J connectivity index is 1.17. The number of amides is 4. The van der Waals surface area contributed by atoms with Gasteiger partial charge in [0.1, 0.15) is 36.2 Å². The quantitative estimate of drug-likeness (QED) is 0.304. The van der Waals surface area contributed by atoms with Crippen molar-refractivity contribution in [3.8, 4) is 23.0 Å². The highest BCUT2D eigenvalue weighted by atomic mass is 16.5. The molecular weight excluding hydrogens is 528 g/mol. The molecule has 216 valence electrons. The summed E-state index contributed by atoms with van der Waals surface area (Å²) in [6, 6.07) is 14.1. The topological polar surface area (TPSA) is 112 Å². The number of methoxy groups -OCH3 is 2. The molecule has 2 aliphatic heterocycles. The van der Waals surface area contributed by atoms with Crippen LogP contribution in [0.3, 0.4) is 0 Å². The molecule has 0 N–H and O–H groups in total. The van der Waals surface area contributed by atoms with Gasteiger partial charge in [0.2, 0.25) is 23.6 Å². The van der Waals surface area contributed by atoms with Crippen LogP contribution in [-0.2, 0) is 19.2 Å². The molecule has 4 unspecified atom stereocenters. The van der Waals surface area contributed by atoms with Crippen molar-refractivity contribution in [2.45, 2.75) is 19.8 Å². The average molecular weight is 563 g/mol. The summed E-state index contributed by atoms with van der Waals surface area (Å²) in [5, 5.41) is 0. The Bertz CT molecular complexity index is 1340. The lowest BCUT2D eigenvalue weighted by atomic mass is 9.71. The van der Waals surface area contributed by atoms with E-state index in [0.29, 0.717) is 29.4 Å². The molecule has 4 atom stereocenters. The van der Waals surface area contributed by atoms with Gasteiger partial charge in [-0.25, -0.2) is 0 Å². The molecule has 1 aliphatic carbocycles. The molecule has 2 heterocycles. The van der Waals surface area contributed by atoms with Crippen molar-refractivity contribution in [1.82, 2.24) is 9.80 Å². The largest absolute Gasteiger partial charge is 0.497 e. The molecule has 2 fully saturated rings. The monoisotopic (exact) mass is 562 g/mol. The number of rotatable bonds is 11. The van der Waals surface area contributed by atoms with Gasteiger partial charge in [0.05, 0.1) is 45.1 Å². The third-order valence-electron chi connectivity index (χ3n) is 8.09. The lowest BCUT2D eigenvalue weighted by Gasteiger charge is -2.29. The predicted octanol–water partition coefficient (Wildman–Crippen LogP) is 3.10. The number of carbonyl (C=O) groups is 4. The summed E-state index contributed by atoms with van der Waals surface area (Å²) in [4.78, 5) is 55.1. The van der Waals surface area contributed by atoms with Crippen molar-refractivity contribution in [3.05, 3.63) is 60.2 Å². The standard InChI is InChI=1S/C31H34N2O8/c1-19-16-20(25-18-27(34)32(29(25)35)12-14-40-23-8-4-21(38-2)5-9-23)17-26-28(19)31(37)33(30(26)36)13-15-41-24-10-6-22(39-3)7-11-24/h4-11,16,20,25-26,28H,12-15,17-18H2,1-3H3. The van der Waals surface area contributed by atoms with Gasteiger partial charge in [-0.15, -0.1) is 0 Å². The number of fused-ring (bicyclic) bond motifs is 1. The first kappa shape index (κ1) is 28.2. The maximum atomic E-state index is 13.3. The van der Waals surface area contributed by atoms with E-state index in [1.54, 1.807) is 62.8 Å². The molecule has 3 aliphatic rings. The van der Waals surface area contributed by atoms with Crippen molar-refractivity contribution < 1.29 is 38.1 Å². The number of allylic oxidation sites excluding steroid dienone is 1. The number of ether oxygens (including phenoxy) is 4. The maximum Gasteiger partial charge on any atom is 0.237 e. The van der Waals surface area contributed by atoms with E-state index in [0.717, 1.165) is 5.57 Å². The molecule has 2 saturated heterocycles. The summed E-state index contributed by atoms with van der Waals surface area (Å²) < 4.78 is 21.7. The molecular formula is C31H34N2O8. The first-order chi connectivity index (χ1) is 19.8. The van der Waals surface area contributed by atoms with Crippen molar-refractivity contribution in [1.29, 1.82) is 0 Å². The molecule has 10 nitrogen and oxygen atoms in total. The number of carbonyl (C=O) groups excluding carboxylic acids is 4. The van der Waals surface area contributed by atoms with Crippen LogP contribution in [0.25, 0.3) is 0 Å². The van der Waals surface area contributed by atoms with Crippen LogP contribution in [0.4, 0.5) is 0 Å². The molecule has 2 aromatic carbocycles. The van der Waals surface area contributed by atoms with Gasteiger partial charge in [0.25, 0.3) is 0 Å². The zero-order valence-corrected chi connectivity index (χ0v) is 23.4. The molecule has 0 bridgehead atoms. The first-order valence-corrected chi connectivity index (χ1v) is 13.7. The number of hydrogen-bond donors (Lipinski definition) is 0. The van der Waals surface area contributed by atoms with E-state index < -0.39 is 17.8 Å². The van der Waals surface area contributed by atoms with Crippen molar-refractivity contribution >= 4 is 23.6 Å². The fourth-order valence-electron chi connectivity index (χ4n) is 5.98. The fraction of sp³-hybridized carbons (Fsp3) is 0.419. The average Bonchev–Trinajstić information content (AvgIpc) is 3.40. The second kappa shape index (κ2) is 12.0. The van der Waals surface area contributed by atoms with E-state index in [1.807, 2.05) is 13.0 Å². The molecule has 0 spiro atoms. The Morgan fingerprint density at radius 1 is 0.683 bits per heavy atom. The van der Waals surface area contributed by atoms with E-state index in [-0.39, 0.29) is 62.3 Å². The van der Waals surface area contributed by atoms with Crippen LogP contribution >= 0.6 is 0 Å². The summed E-state index contributed by atoms with van der Waals surface area (Å²) in [5.41, 5.74) is 0.768. The summed E-state index contributed by atoms with van der Waals surface area (Å²) in [7, 11) is 3.16. The van der Waals surface area contributed by atoms with E-state index in [9.17, 15) is 19.2 Å². The molecule has 0 aromatic heterocycles. The second-order valence-corrected chi connectivity index (χ2v) is 10.5. The Hall–Kier alpha value is -4.34. The smallest absolute Gasteiger partial charge is 0.237 e. The lowest BCUT2D eigenvalue weighted by molar-refractivity contribution is -0.142. The minimum atomic E-state index is -0.560. The number of benzene rings is 2. The summed E-state index contributed by atoms with van der Waals surface area (Å²) >= 11 is 0. The highest BCUT2D eigenvalue weighted by molar-refractivity contribution is 6.07. The van der Waals surface area contributed by atoms with Gasteiger partial charge in [-0.3, -0.25) is 29.0 Å². The van der Waals surface area contributed by atoms with E-state index in [4.69, 9.17) is 18.9 Å². The van der Waals surface area contributed by atoms with Gasteiger partial charge in [0, 0.05) is 6.42 Å². The molecule has 2 aromatic rings. The highest BCUT2D eigenvalue weighted by Gasteiger charge is 2.53. The summed E-state index contributed by atoms with van der Waals surface area (Å²) in [6.45, 7) is 2.44. The lowest BCUT2D eigenvalue weighted by Crippen LogP contribution is -2.37. The Morgan fingerprint density at radius 3 is 1.71 bits per heavy atom. The van der Waals surface area contributed by atoms with Crippen LogP contribution in [0.5, 0.6) is 23.0 Å². The third-order valence-corrected chi connectivity index (χ3v) is 8.09. The van der Waals surface area contributed by atoms with Crippen LogP contribution in [0, 0.1) is 23.7 Å². The molecule has 0 radical (unpaired) electrons. The SMILES string of the molecule is COc1ccc(OCCN2C(=O)CC(C3C=C(C)C4C(=O)N(CCOc5ccc(OC)cc5)C(=O)C4C3)C2=O)cc1. The van der Waals surface area contributed by atoms with Gasteiger partial charge in [-0.2, -0.15) is 0 Å². The van der Waals surface area contributed by atoms with Crippen LogP contribution in [-0.4, -0.2) is 74.0 Å². The number of likely N-dealkylation sites (tertiary alicyclic amines) is 2. The molecule has 10 heteroatoms. The van der Waals surface area contributed by atoms with E-state index in [1.165, 1.54) is 9.80 Å². The maximum absolute atomic E-state index is 13.3. The highest BCUT2D eigenvalue weighted by Crippen LogP contribution is 2.44. The van der Waals surface area contributed by atoms with Crippen LogP contribution < -0.4 is 18.9 Å². The van der Waals surface area contributed by atoms with Gasteiger partial charge in [0.15, 0.2) is 0 Å². The normalized spacial score (nSPS) is 23.9.